The second kappa shape index (κ2) is 6.83. The summed E-state index contributed by atoms with van der Waals surface area (Å²) in [6, 6.07) is 9.81. The fourth-order valence-corrected chi connectivity index (χ4v) is 2.77. The molecular weight excluding hydrogens is 332 g/mol. The number of aryl methyl sites for hydroxylation is 1. The number of nitrogens with one attached hydrogen (secondary N) is 2. The molecule has 1 aliphatic rings. The molecule has 26 heavy (non-hydrogen) atoms. The number of amides is 1. The second-order valence-corrected chi connectivity index (χ2v) is 6.09. The van der Waals surface area contributed by atoms with E-state index in [1.165, 1.54) is 0 Å². The molecule has 1 amide bonds. The molecule has 0 radical (unpaired) electrons. The van der Waals surface area contributed by atoms with E-state index in [4.69, 9.17) is 4.74 Å². The maximum atomic E-state index is 11.1. The average molecular weight is 350 g/mol. The van der Waals surface area contributed by atoms with Crippen LogP contribution in [0.25, 0.3) is 11.1 Å². The van der Waals surface area contributed by atoms with Gasteiger partial charge in [0.1, 0.15) is 6.10 Å². The minimum absolute atomic E-state index is 0.193. The Balaban J connectivity index is 1.49. The second-order valence-electron chi connectivity index (χ2n) is 6.09. The van der Waals surface area contributed by atoms with Gasteiger partial charge in [-0.1, -0.05) is 12.1 Å². The Morgan fingerprint density at radius 2 is 2.27 bits per heavy atom. The standard InChI is InChI=1S/C18H18N6O2/c1-12-5-6-19-17(22-12)23-15-4-2-3-13(7-15)14-8-21-24(10-14)11-16-9-20-18(25)26-16/h2-8,10,16H,9,11H2,1H3,(H,20,25)(H,19,22,23)/t16-/m0/s1. The first-order valence-corrected chi connectivity index (χ1v) is 8.30. The van der Waals surface area contributed by atoms with Crippen molar-refractivity contribution in [1.82, 2.24) is 25.1 Å². The summed E-state index contributed by atoms with van der Waals surface area (Å²) < 4.78 is 6.92. The van der Waals surface area contributed by atoms with Crippen molar-refractivity contribution in [3.05, 3.63) is 54.6 Å². The maximum absolute atomic E-state index is 11.1. The molecule has 1 atom stereocenters. The predicted octanol–water partition coefficient (Wildman–Crippen LogP) is 2.50. The Bertz CT molecular complexity index is 939. The molecule has 0 spiro atoms. The van der Waals surface area contributed by atoms with Gasteiger partial charge in [-0.3, -0.25) is 4.68 Å². The highest BCUT2D eigenvalue weighted by atomic mass is 16.6. The number of ether oxygens (including phenoxy) is 1. The molecule has 132 valence electrons. The number of hydrogen-bond acceptors (Lipinski definition) is 6. The zero-order valence-corrected chi connectivity index (χ0v) is 14.2. The summed E-state index contributed by atoms with van der Waals surface area (Å²) in [7, 11) is 0. The number of carbonyl (C=O) groups is 1. The molecule has 8 nitrogen and oxygen atoms in total. The number of benzene rings is 1. The monoisotopic (exact) mass is 350 g/mol. The lowest BCUT2D eigenvalue weighted by atomic mass is 10.1. The molecule has 0 saturated carbocycles. The molecular formula is C18H18N6O2. The van der Waals surface area contributed by atoms with Crippen LogP contribution < -0.4 is 10.6 Å². The Morgan fingerprint density at radius 3 is 3.08 bits per heavy atom. The molecule has 8 heteroatoms. The highest BCUT2D eigenvalue weighted by molar-refractivity contribution is 5.69. The largest absolute Gasteiger partial charge is 0.442 e. The zero-order chi connectivity index (χ0) is 17.9. The minimum atomic E-state index is -0.375. The van der Waals surface area contributed by atoms with Crippen LogP contribution in [0.1, 0.15) is 5.69 Å². The van der Waals surface area contributed by atoms with Gasteiger partial charge in [0.15, 0.2) is 0 Å². The molecule has 3 heterocycles. The molecule has 1 aromatic carbocycles. The molecule has 2 aromatic heterocycles. The third-order valence-corrected chi connectivity index (χ3v) is 4.02. The van der Waals surface area contributed by atoms with Crippen LogP contribution >= 0.6 is 0 Å². The summed E-state index contributed by atoms with van der Waals surface area (Å²) in [6.45, 7) is 2.95. The molecule has 0 unspecified atom stereocenters. The number of anilines is 2. The van der Waals surface area contributed by atoms with Gasteiger partial charge in [0.25, 0.3) is 0 Å². The van der Waals surface area contributed by atoms with E-state index in [1.807, 2.05) is 43.5 Å². The first-order valence-electron chi connectivity index (χ1n) is 8.30. The lowest BCUT2D eigenvalue weighted by Gasteiger charge is -2.07. The molecule has 4 rings (SSSR count). The van der Waals surface area contributed by atoms with Crippen molar-refractivity contribution >= 4 is 17.7 Å². The SMILES string of the molecule is Cc1ccnc(Nc2cccc(-c3cnn(C[C@@H]4CNC(=O)O4)c3)c2)n1. The molecule has 1 aliphatic heterocycles. The van der Waals surface area contributed by atoms with Crippen molar-refractivity contribution in [3.63, 3.8) is 0 Å². The topological polar surface area (TPSA) is 94.0 Å². The van der Waals surface area contributed by atoms with E-state index in [0.717, 1.165) is 22.5 Å². The Hall–Kier alpha value is -3.42. The van der Waals surface area contributed by atoms with E-state index >= 15 is 0 Å². The fraction of sp³-hybridized carbons (Fsp3) is 0.222. The van der Waals surface area contributed by atoms with Gasteiger partial charge in [0.05, 0.1) is 19.3 Å². The van der Waals surface area contributed by atoms with Crippen molar-refractivity contribution in [2.75, 3.05) is 11.9 Å². The van der Waals surface area contributed by atoms with Crippen molar-refractivity contribution in [2.45, 2.75) is 19.6 Å². The first kappa shape index (κ1) is 16.1. The number of alkyl carbamates (subject to hydrolysis) is 1. The van der Waals surface area contributed by atoms with Crippen molar-refractivity contribution in [1.29, 1.82) is 0 Å². The van der Waals surface area contributed by atoms with Crippen LogP contribution in [0.4, 0.5) is 16.4 Å². The van der Waals surface area contributed by atoms with Gasteiger partial charge in [-0.2, -0.15) is 5.10 Å². The van der Waals surface area contributed by atoms with E-state index in [0.29, 0.717) is 19.0 Å². The van der Waals surface area contributed by atoms with Crippen LogP contribution in [-0.4, -0.2) is 38.5 Å². The zero-order valence-electron chi connectivity index (χ0n) is 14.2. The normalized spacial score (nSPS) is 16.2. The van der Waals surface area contributed by atoms with Crippen molar-refractivity contribution in [3.8, 4) is 11.1 Å². The molecule has 1 saturated heterocycles. The third-order valence-electron chi connectivity index (χ3n) is 4.02. The number of carbonyl (C=O) groups excluding carboxylic acids is 1. The number of hydrogen-bond donors (Lipinski definition) is 2. The summed E-state index contributed by atoms with van der Waals surface area (Å²) in [6.07, 6.45) is 4.89. The van der Waals surface area contributed by atoms with E-state index in [-0.39, 0.29) is 12.2 Å². The minimum Gasteiger partial charge on any atom is -0.442 e. The van der Waals surface area contributed by atoms with Gasteiger partial charge in [-0.25, -0.2) is 14.8 Å². The molecule has 0 aliphatic carbocycles. The van der Waals surface area contributed by atoms with Crippen LogP contribution in [0.5, 0.6) is 0 Å². The Morgan fingerprint density at radius 1 is 1.35 bits per heavy atom. The van der Waals surface area contributed by atoms with Gasteiger partial charge < -0.3 is 15.4 Å². The van der Waals surface area contributed by atoms with Crippen LogP contribution in [0.15, 0.2) is 48.9 Å². The van der Waals surface area contributed by atoms with Crippen LogP contribution in [0.2, 0.25) is 0 Å². The summed E-state index contributed by atoms with van der Waals surface area (Å²) in [4.78, 5) is 19.7. The summed E-state index contributed by atoms with van der Waals surface area (Å²) in [5.74, 6) is 0.563. The first-order chi connectivity index (χ1) is 12.7. The molecule has 2 N–H and O–H groups in total. The predicted molar refractivity (Wildman–Crippen MR) is 96.0 cm³/mol. The van der Waals surface area contributed by atoms with Crippen molar-refractivity contribution < 1.29 is 9.53 Å². The van der Waals surface area contributed by atoms with Gasteiger partial charge >= 0.3 is 6.09 Å². The maximum Gasteiger partial charge on any atom is 0.407 e. The number of aromatic nitrogens is 4. The number of cyclic esters (lactones) is 1. The molecule has 3 aromatic rings. The van der Waals surface area contributed by atoms with E-state index in [1.54, 1.807) is 17.1 Å². The number of nitrogens with zero attached hydrogens (tertiary/aromatic N) is 4. The average Bonchev–Trinajstić information content (AvgIpc) is 3.25. The van der Waals surface area contributed by atoms with Gasteiger partial charge in [0.2, 0.25) is 5.95 Å². The van der Waals surface area contributed by atoms with Crippen LogP contribution in [0, 0.1) is 6.92 Å². The highest BCUT2D eigenvalue weighted by Gasteiger charge is 2.23. The van der Waals surface area contributed by atoms with Crippen molar-refractivity contribution in [2.24, 2.45) is 0 Å². The fourth-order valence-electron chi connectivity index (χ4n) is 2.77. The third kappa shape index (κ3) is 3.64. The van der Waals surface area contributed by atoms with Crippen LogP contribution in [0.3, 0.4) is 0 Å². The quantitative estimate of drug-likeness (QED) is 0.734. The smallest absolute Gasteiger partial charge is 0.407 e. The van der Waals surface area contributed by atoms with E-state index in [2.05, 4.69) is 25.7 Å². The van der Waals surface area contributed by atoms with Gasteiger partial charge in [-0.15, -0.1) is 0 Å². The Labute approximate surface area is 150 Å². The lowest BCUT2D eigenvalue weighted by Crippen LogP contribution is -2.20. The molecule has 1 fully saturated rings. The van der Waals surface area contributed by atoms with E-state index < -0.39 is 0 Å². The summed E-state index contributed by atoms with van der Waals surface area (Å²) >= 11 is 0. The summed E-state index contributed by atoms with van der Waals surface area (Å²) in [5.41, 5.74) is 3.81. The van der Waals surface area contributed by atoms with Gasteiger partial charge in [0, 0.05) is 29.3 Å². The Kier molecular flexibility index (Phi) is 4.22. The molecule has 0 bridgehead atoms. The van der Waals surface area contributed by atoms with E-state index in [9.17, 15) is 4.79 Å². The lowest BCUT2D eigenvalue weighted by molar-refractivity contribution is 0.129. The summed E-state index contributed by atoms with van der Waals surface area (Å²) in [5, 5.41) is 10.2. The van der Waals surface area contributed by atoms with Gasteiger partial charge in [-0.05, 0) is 30.7 Å². The number of rotatable bonds is 5. The highest BCUT2D eigenvalue weighted by Crippen LogP contribution is 2.23. The van der Waals surface area contributed by atoms with Crippen LogP contribution in [-0.2, 0) is 11.3 Å².